The number of fused-ring (bicyclic) bond motifs is 1. The van der Waals surface area contributed by atoms with Gasteiger partial charge in [-0.2, -0.15) is 5.10 Å². The lowest BCUT2D eigenvalue weighted by atomic mass is 9.53. The minimum absolute atomic E-state index is 0.0461. The lowest BCUT2D eigenvalue weighted by molar-refractivity contribution is -0.0453. The maximum Gasteiger partial charge on any atom is 0.338 e. The Balaban J connectivity index is 1.36. The number of likely N-dealkylation sites (N-methyl/N-ethyl adjacent to an activating group) is 1. The molecule has 45 heavy (non-hydrogen) atoms. The summed E-state index contributed by atoms with van der Waals surface area (Å²) in [4.78, 5) is 15.8. The largest absolute Gasteiger partial charge is 0.504 e. The van der Waals surface area contributed by atoms with Crippen molar-refractivity contribution in [1.29, 1.82) is 0 Å². The van der Waals surface area contributed by atoms with Gasteiger partial charge in [-0.15, -0.1) is 0 Å². The molecular formula is C36H38N4O5. The number of phenolic OH excluding ortho intramolecular Hbond substituents is 1. The number of phenols is 1. The molecule has 2 aliphatic carbocycles. The number of piperidine rings is 1. The number of aliphatic hydroxyl groups excluding tert-OH is 1. The number of rotatable bonds is 5. The van der Waals surface area contributed by atoms with E-state index in [4.69, 9.17) is 9.47 Å². The topological polar surface area (TPSA) is 101 Å². The van der Waals surface area contributed by atoms with Crippen molar-refractivity contribution in [2.24, 2.45) is 13.0 Å². The molecule has 4 aromatic rings. The predicted molar refractivity (Wildman–Crippen MR) is 171 cm³/mol. The summed E-state index contributed by atoms with van der Waals surface area (Å²) in [6.45, 7) is 11.2. The Morgan fingerprint density at radius 2 is 1.96 bits per heavy atom. The summed E-state index contributed by atoms with van der Waals surface area (Å²) in [6, 6.07) is 5.88. The Hall–Kier alpha value is -4.34. The van der Waals surface area contributed by atoms with Crippen molar-refractivity contribution in [2.75, 3.05) is 13.6 Å². The standard InChI is InChI=1S/C36H38N4O5/c1-18(2)44-35(43)25-12-23-11-21(22-15-37-39(6)16-22)17-40(23)32(20(25)4)19(3)24-14-30(42)33-31-26(24)13-28-27-7-8-29(41)34(45-33)36(27,31)9-10-38(28)5/h7-8,11-12,14-18,27-29,34,41-42H,3,9-10,13H2,1-2,4-6H3/t27-,28+,29-,34-,36-/m0/s1. The lowest BCUT2D eigenvalue weighted by Crippen LogP contribution is -2.64. The van der Waals surface area contributed by atoms with E-state index in [1.54, 1.807) is 10.7 Å². The summed E-state index contributed by atoms with van der Waals surface area (Å²) < 4.78 is 16.0. The average molecular weight is 607 g/mol. The first-order chi connectivity index (χ1) is 21.5. The zero-order chi connectivity index (χ0) is 31.5. The van der Waals surface area contributed by atoms with Gasteiger partial charge < -0.3 is 29.0 Å². The molecule has 5 atom stereocenters. The van der Waals surface area contributed by atoms with Gasteiger partial charge in [0.25, 0.3) is 0 Å². The second kappa shape index (κ2) is 9.58. The van der Waals surface area contributed by atoms with Crippen molar-refractivity contribution in [1.82, 2.24) is 19.1 Å². The molecule has 3 aromatic heterocycles. The maximum atomic E-state index is 13.4. The number of hydrogen-bond acceptors (Lipinski definition) is 7. The van der Waals surface area contributed by atoms with Crippen molar-refractivity contribution in [2.45, 2.75) is 63.4 Å². The number of carbonyl (C=O) groups excluding carboxylic acids is 1. The fraction of sp³-hybridized carbons (Fsp3) is 0.389. The Kier molecular flexibility index (Phi) is 5.99. The average Bonchev–Trinajstić information content (AvgIpc) is 3.71. The lowest BCUT2D eigenvalue weighted by Gasteiger charge is -2.56. The summed E-state index contributed by atoms with van der Waals surface area (Å²) in [5, 5.41) is 27.0. The molecule has 0 saturated carbocycles. The van der Waals surface area contributed by atoms with Crippen LogP contribution in [0, 0.1) is 12.8 Å². The van der Waals surface area contributed by atoms with Crippen LogP contribution in [0.25, 0.3) is 22.2 Å². The summed E-state index contributed by atoms with van der Waals surface area (Å²) in [5.41, 5.74) is 7.92. The molecule has 9 heteroatoms. The van der Waals surface area contributed by atoms with Crippen LogP contribution in [-0.4, -0.2) is 73.2 Å². The number of aryl methyl sites for hydroxylation is 1. The number of aliphatic hydroxyl groups is 1. The van der Waals surface area contributed by atoms with E-state index in [-0.39, 0.29) is 23.8 Å². The fourth-order valence-corrected chi connectivity index (χ4v) is 8.66. The third kappa shape index (κ3) is 3.80. The first-order valence-corrected chi connectivity index (χ1v) is 15.7. The molecule has 2 aliphatic heterocycles. The van der Waals surface area contributed by atoms with Crippen molar-refractivity contribution >= 4 is 17.1 Å². The summed E-state index contributed by atoms with van der Waals surface area (Å²) in [6.07, 6.45) is 9.94. The van der Waals surface area contributed by atoms with E-state index in [1.165, 1.54) is 0 Å². The fourth-order valence-electron chi connectivity index (χ4n) is 8.66. The Bertz CT molecular complexity index is 1970. The van der Waals surface area contributed by atoms with Crippen LogP contribution in [0.1, 0.15) is 58.6 Å². The number of aromatic hydroxyl groups is 1. The number of nitrogens with zero attached hydrogens (tertiary/aromatic N) is 4. The Morgan fingerprint density at radius 1 is 1.16 bits per heavy atom. The number of aromatic nitrogens is 3. The van der Waals surface area contributed by atoms with Gasteiger partial charge in [0.05, 0.1) is 23.6 Å². The molecule has 1 spiro atoms. The smallest absolute Gasteiger partial charge is 0.338 e. The summed E-state index contributed by atoms with van der Waals surface area (Å²) in [7, 11) is 4.05. The Labute approximate surface area is 262 Å². The predicted octanol–water partition coefficient (Wildman–Crippen LogP) is 4.79. The number of carbonyl (C=O) groups is 1. The molecular weight excluding hydrogens is 568 g/mol. The van der Waals surface area contributed by atoms with Gasteiger partial charge in [-0.05, 0) is 87.7 Å². The quantitative estimate of drug-likeness (QED) is 0.249. The zero-order valence-corrected chi connectivity index (χ0v) is 26.2. The molecule has 9 nitrogen and oxygen atoms in total. The number of pyridine rings is 1. The molecule has 1 aromatic carbocycles. The zero-order valence-electron chi connectivity index (χ0n) is 26.2. The highest BCUT2D eigenvalue weighted by molar-refractivity contribution is 5.96. The normalized spacial score (nSPS) is 26.3. The molecule has 2 bridgehead atoms. The number of likely N-dealkylation sites (tertiary alicyclic amines) is 1. The molecule has 0 amide bonds. The summed E-state index contributed by atoms with van der Waals surface area (Å²) >= 11 is 0. The highest BCUT2D eigenvalue weighted by atomic mass is 16.5. The summed E-state index contributed by atoms with van der Waals surface area (Å²) in [5.74, 6) is 0.303. The molecule has 0 unspecified atom stereocenters. The van der Waals surface area contributed by atoms with E-state index in [2.05, 4.69) is 40.3 Å². The van der Waals surface area contributed by atoms with Crippen LogP contribution < -0.4 is 4.74 Å². The van der Waals surface area contributed by atoms with Crippen LogP contribution in [0.15, 0.2) is 55.5 Å². The molecule has 4 aliphatic rings. The molecule has 1 saturated heterocycles. The molecule has 232 valence electrons. The van der Waals surface area contributed by atoms with Gasteiger partial charge in [-0.3, -0.25) is 4.68 Å². The first kappa shape index (κ1) is 28.2. The highest BCUT2D eigenvalue weighted by Crippen LogP contribution is 2.63. The molecule has 2 N–H and O–H groups in total. The van der Waals surface area contributed by atoms with E-state index in [0.29, 0.717) is 16.9 Å². The van der Waals surface area contributed by atoms with Gasteiger partial charge in [-0.25, -0.2) is 4.79 Å². The van der Waals surface area contributed by atoms with Gasteiger partial charge in [0, 0.05) is 59.0 Å². The van der Waals surface area contributed by atoms with Gasteiger partial charge >= 0.3 is 5.97 Å². The highest BCUT2D eigenvalue weighted by Gasteiger charge is 2.64. The maximum absolute atomic E-state index is 13.4. The second-order valence-corrected chi connectivity index (χ2v) is 13.5. The molecule has 5 heterocycles. The molecule has 0 radical (unpaired) electrons. The van der Waals surface area contributed by atoms with Crippen molar-refractivity contribution in [3.05, 3.63) is 89.0 Å². The minimum atomic E-state index is -0.758. The van der Waals surface area contributed by atoms with E-state index >= 15 is 0 Å². The van der Waals surface area contributed by atoms with Crippen LogP contribution >= 0.6 is 0 Å². The first-order valence-electron chi connectivity index (χ1n) is 15.7. The van der Waals surface area contributed by atoms with Crippen LogP contribution in [0.5, 0.6) is 11.5 Å². The van der Waals surface area contributed by atoms with E-state index in [9.17, 15) is 15.0 Å². The third-order valence-electron chi connectivity index (χ3n) is 10.6. The van der Waals surface area contributed by atoms with Crippen LogP contribution in [0.2, 0.25) is 0 Å². The van der Waals surface area contributed by atoms with Crippen LogP contribution in [0.3, 0.4) is 0 Å². The SMILES string of the molecule is C=C(c1cc(O)c2c3c1C[C@@H]1[C@@H]4C=C[C@H](O)[C@H](O2)[C@]34CCN1C)c1c(C)c(C(=O)OC(C)C)cc2cc(-c3cnn(C)c3)cn12. The third-order valence-corrected chi connectivity index (χ3v) is 10.6. The number of benzene rings is 1. The van der Waals surface area contributed by atoms with E-state index in [1.807, 2.05) is 58.4 Å². The van der Waals surface area contributed by atoms with Crippen LogP contribution in [-0.2, 0) is 23.6 Å². The van der Waals surface area contributed by atoms with E-state index in [0.717, 1.165) is 64.0 Å². The second-order valence-electron chi connectivity index (χ2n) is 13.5. The molecule has 8 rings (SSSR count). The van der Waals surface area contributed by atoms with E-state index < -0.39 is 23.6 Å². The Morgan fingerprint density at radius 3 is 2.69 bits per heavy atom. The van der Waals surface area contributed by atoms with Crippen molar-refractivity contribution in [3.8, 4) is 22.6 Å². The number of hydrogen-bond donors (Lipinski definition) is 2. The van der Waals surface area contributed by atoms with Crippen molar-refractivity contribution < 1.29 is 24.5 Å². The molecule has 1 fully saturated rings. The number of ether oxygens (including phenoxy) is 2. The minimum Gasteiger partial charge on any atom is -0.504 e. The monoisotopic (exact) mass is 606 g/mol. The van der Waals surface area contributed by atoms with Crippen molar-refractivity contribution in [3.63, 3.8) is 0 Å². The number of esters is 1. The van der Waals surface area contributed by atoms with Crippen LogP contribution in [0.4, 0.5) is 0 Å². The van der Waals surface area contributed by atoms with Gasteiger partial charge in [0.15, 0.2) is 11.5 Å². The van der Waals surface area contributed by atoms with Gasteiger partial charge in [-0.1, -0.05) is 18.7 Å². The van der Waals surface area contributed by atoms with Gasteiger partial charge in [0.1, 0.15) is 12.2 Å². The van der Waals surface area contributed by atoms with Gasteiger partial charge in [0.2, 0.25) is 0 Å².